The van der Waals surface area contributed by atoms with E-state index in [0.29, 0.717) is 31.8 Å². The maximum Gasteiger partial charge on any atom is 0.248 e. The van der Waals surface area contributed by atoms with Crippen molar-refractivity contribution in [1.82, 2.24) is 4.90 Å². The largest absolute Gasteiger partial charge is 0.497 e. The number of fused-ring (bicyclic) bond motifs is 1. The van der Waals surface area contributed by atoms with Crippen molar-refractivity contribution >= 4 is 28.2 Å². The Bertz CT molecular complexity index is 828. The molecule has 0 fully saturated rings. The molecule has 0 saturated carbocycles. The zero-order valence-corrected chi connectivity index (χ0v) is 17.8. The summed E-state index contributed by atoms with van der Waals surface area (Å²) in [6, 6.07) is 0. The maximum atomic E-state index is 12.6. The Hall–Kier alpha value is -2.42. The minimum atomic E-state index is -0.499. The van der Waals surface area contributed by atoms with E-state index in [1.807, 2.05) is 6.92 Å². The van der Waals surface area contributed by atoms with E-state index in [2.05, 4.69) is 18.5 Å². The van der Waals surface area contributed by atoms with Crippen LogP contribution in [0, 0.1) is 5.92 Å². The predicted molar refractivity (Wildman–Crippen MR) is 115 cm³/mol. The summed E-state index contributed by atoms with van der Waals surface area (Å²) >= 11 is 1.44. The highest BCUT2D eigenvalue weighted by Gasteiger charge is 2.26. The van der Waals surface area contributed by atoms with Gasteiger partial charge in [0.05, 0.1) is 18.7 Å². The molecule has 2 heterocycles. The van der Waals surface area contributed by atoms with Crippen molar-refractivity contribution in [3.8, 4) is 0 Å². The van der Waals surface area contributed by atoms with Crippen LogP contribution in [0.3, 0.4) is 0 Å². The minimum Gasteiger partial charge on any atom is -0.497 e. The van der Waals surface area contributed by atoms with Crippen LogP contribution in [-0.4, -0.2) is 42.1 Å². The third kappa shape index (κ3) is 5.56. The molecule has 0 saturated heterocycles. The number of methoxy groups -OCH3 is 1. The number of carbonyl (C=O) groups excluding carboxylic acids is 2. The molecule has 1 unspecified atom stereocenters. The van der Waals surface area contributed by atoms with E-state index in [1.165, 1.54) is 11.3 Å². The number of anilines is 1. The fraction of sp³-hybridized carbons (Fsp3) is 0.429. The molecule has 0 aromatic carbocycles. The molecule has 0 bridgehead atoms. The number of amides is 2. The second-order valence-electron chi connectivity index (χ2n) is 6.92. The van der Waals surface area contributed by atoms with Crippen LogP contribution in [0.25, 0.3) is 0 Å². The molecular weight excluding hydrogens is 390 g/mol. The van der Waals surface area contributed by atoms with Gasteiger partial charge >= 0.3 is 0 Å². The summed E-state index contributed by atoms with van der Waals surface area (Å²) < 4.78 is 5.16. The van der Waals surface area contributed by atoms with Gasteiger partial charge in [0.25, 0.3) is 0 Å². The lowest BCUT2D eigenvalue weighted by molar-refractivity contribution is -0.135. The first-order chi connectivity index (χ1) is 13.8. The molecule has 29 heavy (non-hydrogen) atoms. The topological polar surface area (TPSA) is 105 Å². The van der Waals surface area contributed by atoms with Gasteiger partial charge in [-0.25, -0.2) is 0 Å². The van der Waals surface area contributed by atoms with Gasteiger partial charge in [-0.1, -0.05) is 20.1 Å². The first-order valence-corrected chi connectivity index (χ1v) is 10.2. The van der Waals surface area contributed by atoms with E-state index in [4.69, 9.17) is 15.6 Å². The standard InChI is InChI=1S/C21H29N3O4S/c1-5-15(28-4)8-13(2)14(3)9-19(26)23-21-17(10-22)16-6-7-24(20(27)12-25)11-18(16)29-21/h5,8,14,25H,1-2,6-7,9-12,22H2,3-4H3,(H,23,26)/b15-8+. The van der Waals surface area contributed by atoms with Crippen LogP contribution in [0.4, 0.5) is 5.00 Å². The van der Waals surface area contributed by atoms with Gasteiger partial charge in [-0.2, -0.15) is 0 Å². The molecule has 1 aliphatic rings. The molecule has 2 rings (SSSR count). The maximum absolute atomic E-state index is 12.6. The molecule has 0 spiro atoms. The Labute approximate surface area is 175 Å². The Kier molecular flexibility index (Phi) is 8.19. The van der Waals surface area contributed by atoms with E-state index >= 15 is 0 Å². The van der Waals surface area contributed by atoms with Crippen molar-refractivity contribution < 1.29 is 19.4 Å². The highest BCUT2D eigenvalue weighted by molar-refractivity contribution is 7.16. The lowest BCUT2D eigenvalue weighted by Gasteiger charge is -2.26. The SMILES string of the molecule is C=C/C(=C\C(=C)C(C)CC(=O)Nc1sc2c(c1CN)CCN(C(=O)CO)C2)OC. The molecule has 8 heteroatoms. The van der Waals surface area contributed by atoms with Crippen LogP contribution in [-0.2, 0) is 33.8 Å². The normalized spacial score (nSPS) is 14.8. The van der Waals surface area contributed by atoms with Gasteiger partial charge < -0.3 is 25.8 Å². The fourth-order valence-electron chi connectivity index (χ4n) is 3.21. The van der Waals surface area contributed by atoms with E-state index in [1.54, 1.807) is 24.2 Å². The highest BCUT2D eigenvalue weighted by atomic mass is 32.1. The lowest BCUT2D eigenvalue weighted by atomic mass is 9.97. The summed E-state index contributed by atoms with van der Waals surface area (Å²) in [6.07, 6.45) is 4.30. The van der Waals surface area contributed by atoms with Crippen molar-refractivity contribution in [1.29, 1.82) is 0 Å². The summed E-state index contributed by atoms with van der Waals surface area (Å²) in [4.78, 5) is 27.0. The van der Waals surface area contributed by atoms with Gasteiger partial charge in [-0.05, 0) is 35.6 Å². The first-order valence-electron chi connectivity index (χ1n) is 9.43. The molecule has 1 aromatic heterocycles. The number of aliphatic hydroxyl groups is 1. The molecule has 1 atom stereocenters. The van der Waals surface area contributed by atoms with Crippen molar-refractivity contribution in [2.45, 2.75) is 32.9 Å². The Morgan fingerprint density at radius 3 is 2.79 bits per heavy atom. The average Bonchev–Trinajstić information content (AvgIpc) is 3.06. The number of hydrogen-bond donors (Lipinski definition) is 3. The van der Waals surface area contributed by atoms with Gasteiger partial charge in [0.1, 0.15) is 12.4 Å². The van der Waals surface area contributed by atoms with Crippen LogP contribution in [0.1, 0.15) is 29.3 Å². The summed E-state index contributed by atoms with van der Waals surface area (Å²) in [7, 11) is 1.56. The Balaban J connectivity index is 2.08. The molecule has 1 aliphatic heterocycles. The van der Waals surface area contributed by atoms with E-state index in [-0.39, 0.29) is 24.2 Å². The number of aliphatic hydroxyl groups excluding tert-OH is 1. The summed E-state index contributed by atoms with van der Waals surface area (Å²) in [5, 5.41) is 12.8. The van der Waals surface area contributed by atoms with Crippen molar-refractivity contribution in [2.75, 3.05) is 25.6 Å². The van der Waals surface area contributed by atoms with Gasteiger partial charge in [-0.3, -0.25) is 9.59 Å². The molecule has 4 N–H and O–H groups in total. The first kappa shape index (κ1) is 22.9. The van der Waals surface area contributed by atoms with Crippen molar-refractivity contribution in [2.24, 2.45) is 11.7 Å². The number of nitrogens with two attached hydrogens (primary N) is 1. The number of hydrogen-bond acceptors (Lipinski definition) is 6. The van der Waals surface area contributed by atoms with E-state index in [9.17, 15) is 9.59 Å². The highest BCUT2D eigenvalue weighted by Crippen LogP contribution is 2.37. The molecule has 0 radical (unpaired) electrons. The van der Waals surface area contributed by atoms with Crippen molar-refractivity contribution in [3.63, 3.8) is 0 Å². The Morgan fingerprint density at radius 1 is 1.48 bits per heavy atom. The van der Waals surface area contributed by atoms with Crippen LogP contribution < -0.4 is 11.1 Å². The number of carbonyl (C=O) groups is 2. The number of ether oxygens (including phenoxy) is 1. The van der Waals surface area contributed by atoms with Gasteiger partial charge in [-0.15, -0.1) is 11.3 Å². The van der Waals surface area contributed by atoms with Gasteiger partial charge in [0.15, 0.2) is 0 Å². The molecular formula is C21H29N3O4S. The van der Waals surface area contributed by atoms with Crippen molar-refractivity contribution in [3.05, 3.63) is 52.6 Å². The number of nitrogens with one attached hydrogen (secondary N) is 1. The second kappa shape index (κ2) is 10.4. The zero-order valence-electron chi connectivity index (χ0n) is 17.0. The zero-order chi connectivity index (χ0) is 21.6. The smallest absolute Gasteiger partial charge is 0.248 e. The quantitative estimate of drug-likeness (QED) is 0.421. The third-order valence-corrected chi connectivity index (χ3v) is 6.18. The molecule has 1 aromatic rings. The Morgan fingerprint density at radius 2 is 2.21 bits per heavy atom. The fourth-order valence-corrected chi connectivity index (χ4v) is 4.52. The monoisotopic (exact) mass is 419 g/mol. The summed E-state index contributed by atoms with van der Waals surface area (Å²) in [6.45, 7) is 10.4. The molecule has 158 valence electrons. The number of allylic oxidation sites excluding steroid dienone is 3. The number of rotatable bonds is 9. The number of thiophene rings is 1. The van der Waals surface area contributed by atoms with E-state index < -0.39 is 6.61 Å². The second-order valence-corrected chi connectivity index (χ2v) is 8.03. The molecule has 2 amide bonds. The number of nitrogens with zero attached hydrogens (tertiary/aromatic N) is 1. The minimum absolute atomic E-state index is 0.0753. The van der Waals surface area contributed by atoms with Gasteiger partial charge in [0.2, 0.25) is 11.8 Å². The predicted octanol–water partition coefficient (Wildman–Crippen LogP) is 2.32. The summed E-state index contributed by atoms with van der Waals surface area (Å²) in [5.41, 5.74) is 8.75. The van der Waals surface area contributed by atoms with Crippen LogP contribution >= 0.6 is 11.3 Å². The summed E-state index contributed by atoms with van der Waals surface area (Å²) in [5.74, 6) is 0.106. The van der Waals surface area contributed by atoms with E-state index in [0.717, 1.165) is 26.6 Å². The van der Waals surface area contributed by atoms with Crippen LogP contribution in [0.15, 0.2) is 36.6 Å². The molecule has 0 aliphatic carbocycles. The molecule has 7 nitrogen and oxygen atoms in total. The average molecular weight is 420 g/mol. The third-order valence-electron chi connectivity index (χ3n) is 5.00. The lowest BCUT2D eigenvalue weighted by Crippen LogP contribution is -2.37. The van der Waals surface area contributed by atoms with Crippen LogP contribution in [0.5, 0.6) is 0 Å². The van der Waals surface area contributed by atoms with Gasteiger partial charge in [0, 0.05) is 30.0 Å². The van der Waals surface area contributed by atoms with Crippen LogP contribution in [0.2, 0.25) is 0 Å².